The predicted molar refractivity (Wildman–Crippen MR) is 87.0 cm³/mol. The molecule has 0 bridgehead atoms. The summed E-state index contributed by atoms with van der Waals surface area (Å²) in [6, 6.07) is 7.46. The van der Waals surface area contributed by atoms with E-state index in [1.807, 2.05) is 49.9 Å². The molecule has 2 heterocycles. The quantitative estimate of drug-likeness (QED) is 0.933. The molecule has 0 fully saturated rings. The molecule has 0 unspecified atom stereocenters. The Balaban J connectivity index is 2.04. The molecule has 0 aliphatic carbocycles. The molecule has 1 amide bonds. The summed E-state index contributed by atoms with van der Waals surface area (Å²) in [4.78, 5) is 12.1. The molecule has 1 aromatic heterocycles. The van der Waals surface area contributed by atoms with Crippen molar-refractivity contribution in [2.45, 2.75) is 25.4 Å². The molecule has 110 valence electrons. The van der Waals surface area contributed by atoms with E-state index in [2.05, 4.69) is 10.4 Å². The minimum atomic E-state index is -0.0664. The van der Waals surface area contributed by atoms with Gasteiger partial charge >= 0.3 is 0 Å². The van der Waals surface area contributed by atoms with Gasteiger partial charge in [0.25, 0.3) is 0 Å². The first-order valence-corrected chi connectivity index (χ1v) is 8.35. The predicted octanol–water partition coefficient (Wildman–Crippen LogP) is 3.87. The third-order valence-electron chi connectivity index (χ3n) is 3.39. The minimum Gasteiger partial charge on any atom is -0.310 e. The summed E-state index contributed by atoms with van der Waals surface area (Å²) in [5.74, 6) is 2.50. The van der Waals surface area contributed by atoms with Gasteiger partial charge in [0, 0.05) is 28.0 Å². The molecule has 4 nitrogen and oxygen atoms in total. The lowest BCUT2D eigenvalue weighted by Gasteiger charge is -2.12. The molecular weight excluding hydrogens is 306 g/mol. The van der Waals surface area contributed by atoms with Gasteiger partial charge < -0.3 is 5.32 Å². The van der Waals surface area contributed by atoms with Crippen LogP contribution in [0.4, 0.5) is 5.82 Å². The number of fused-ring (bicyclic) bond motifs is 1. The van der Waals surface area contributed by atoms with Gasteiger partial charge in [-0.3, -0.25) is 4.79 Å². The average Bonchev–Trinajstić information content (AvgIpc) is 3.02. The van der Waals surface area contributed by atoms with E-state index in [4.69, 9.17) is 11.6 Å². The van der Waals surface area contributed by atoms with E-state index in [1.54, 1.807) is 4.68 Å². The van der Waals surface area contributed by atoms with Crippen molar-refractivity contribution in [2.24, 2.45) is 5.92 Å². The van der Waals surface area contributed by atoms with Crippen LogP contribution in [0, 0.1) is 5.92 Å². The van der Waals surface area contributed by atoms with Gasteiger partial charge in [0.15, 0.2) is 0 Å². The maximum atomic E-state index is 12.1. The SMILES string of the molecule is CC(C)C(=O)Nc1c2c(nn1-c1ccc(Cl)cc1)CSC2. The van der Waals surface area contributed by atoms with E-state index in [0.29, 0.717) is 5.02 Å². The standard InChI is InChI=1S/C15H16ClN3OS/c1-9(2)15(20)17-14-12-7-21-8-13(12)18-19(14)11-5-3-10(16)4-6-11/h3-6,9H,7-8H2,1-2H3,(H,17,20). The lowest BCUT2D eigenvalue weighted by atomic mass is 10.2. The Morgan fingerprint density at radius 2 is 2.05 bits per heavy atom. The molecule has 6 heteroatoms. The fourth-order valence-corrected chi connectivity index (χ4v) is 3.33. The smallest absolute Gasteiger partial charge is 0.228 e. The van der Waals surface area contributed by atoms with Crippen LogP contribution in [0.15, 0.2) is 24.3 Å². The third-order valence-corrected chi connectivity index (χ3v) is 4.61. The minimum absolute atomic E-state index is 0.00446. The van der Waals surface area contributed by atoms with Crippen molar-refractivity contribution in [3.63, 3.8) is 0 Å². The van der Waals surface area contributed by atoms with Crippen LogP contribution in [0.3, 0.4) is 0 Å². The summed E-state index contributed by atoms with van der Waals surface area (Å²) in [5.41, 5.74) is 3.08. The highest BCUT2D eigenvalue weighted by Gasteiger charge is 2.25. The van der Waals surface area contributed by atoms with E-state index >= 15 is 0 Å². The zero-order valence-electron chi connectivity index (χ0n) is 11.9. The van der Waals surface area contributed by atoms with Gasteiger partial charge in [0.05, 0.1) is 11.4 Å². The largest absolute Gasteiger partial charge is 0.310 e. The Labute approximate surface area is 132 Å². The third kappa shape index (κ3) is 2.80. The van der Waals surface area contributed by atoms with Crippen LogP contribution >= 0.6 is 23.4 Å². The van der Waals surface area contributed by atoms with Crippen LogP contribution < -0.4 is 5.32 Å². The molecule has 3 rings (SSSR count). The van der Waals surface area contributed by atoms with Crippen molar-refractivity contribution in [3.05, 3.63) is 40.5 Å². The van der Waals surface area contributed by atoms with Crippen molar-refractivity contribution in [3.8, 4) is 5.69 Å². The number of carbonyl (C=O) groups excluding carboxylic acids is 1. The molecule has 0 radical (unpaired) electrons. The van der Waals surface area contributed by atoms with E-state index in [1.165, 1.54) is 0 Å². The van der Waals surface area contributed by atoms with Crippen molar-refractivity contribution in [1.82, 2.24) is 9.78 Å². The van der Waals surface area contributed by atoms with E-state index in [0.717, 1.165) is 34.3 Å². The van der Waals surface area contributed by atoms with Gasteiger partial charge in [-0.1, -0.05) is 25.4 Å². The Morgan fingerprint density at radius 1 is 1.33 bits per heavy atom. The molecule has 0 saturated carbocycles. The second kappa shape index (κ2) is 5.73. The molecular formula is C15H16ClN3OS. The topological polar surface area (TPSA) is 46.9 Å². The fourth-order valence-electron chi connectivity index (χ4n) is 2.17. The lowest BCUT2D eigenvalue weighted by molar-refractivity contribution is -0.118. The summed E-state index contributed by atoms with van der Waals surface area (Å²) >= 11 is 7.75. The van der Waals surface area contributed by atoms with Crippen LogP contribution in [0.25, 0.3) is 5.69 Å². The van der Waals surface area contributed by atoms with E-state index in [9.17, 15) is 4.79 Å². The highest BCUT2D eigenvalue weighted by molar-refractivity contribution is 7.98. The van der Waals surface area contributed by atoms with Crippen LogP contribution in [0.5, 0.6) is 0 Å². The zero-order valence-corrected chi connectivity index (χ0v) is 13.5. The Bertz CT molecular complexity index is 679. The van der Waals surface area contributed by atoms with E-state index < -0.39 is 0 Å². The number of aromatic nitrogens is 2. The van der Waals surface area contributed by atoms with Crippen molar-refractivity contribution in [1.29, 1.82) is 0 Å². The number of thioether (sulfide) groups is 1. The van der Waals surface area contributed by atoms with Crippen LogP contribution in [-0.2, 0) is 16.3 Å². The summed E-state index contributed by atoms with van der Waals surface area (Å²) < 4.78 is 1.81. The molecule has 0 saturated heterocycles. The van der Waals surface area contributed by atoms with Gasteiger partial charge in [0.2, 0.25) is 5.91 Å². The molecule has 1 aliphatic rings. The van der Waals surface area contributed by atoms with Crippen LogP contribution in [0.1, 0.15) is 25.1 Å². The number of nitrogens with one attached hydrogen (secondary N) is 1. The number of hydrogen-bond donors (Lipinski definition) is 1. The monoisotopic (exact) mass is 321 g/mol. The van der Waals surface area contributed by atoms with Gasteiger partial charge in [-0.05, 0) is 24.3 Å². The number of hydrogen-bond acceptors (Lipinski definition) is 3. The average molecular weight is 322 g/mol. The zero-order chi connectivity index (χ0) is 15.0. The normalized spacial score (nSPS) is 13.5. The summed E-state index contributed by atoms with van der Waals surface area (Å²) in [7, 11) is 0. The summed E-state index contributed by atoms with van der Waals surface area (Å²) in [6.07, 6.45) is 0. The lowest BCUT2D eigenvalue weighted by Crippen LogP contribution is -2.20. The van der Waals surface area contributed by atoms with Crippen molar-refractivity contribution >= 4 is 35.1 Å². The highest BCUT2D eigenvalue weighted by Crippen LogP contribution is 2.36. The number of anilines is 1. The summed E-state index contributed by atoms with van der Waals surface area (Å²) in [5, 5.41) is 8.34. The Morgan fingerprint density at radius 3 is 2.71 bits per heavy atom. The molecule has 1 N–H and O–H groups in total. The maximum absolute atomic E-state index is 12.1. The van der Waals surface area contributed by atoms with Gasteiger partial charge in [-0.25, -0.2) is 4.68 Å². The van der Waals surface area contributed by atoms with E-state index in [-0.39, 0.29) is 11.8 Å². The fraction of sp³-hybridized carbons (Fsp3) is 0.333. The molecule has 1 aliphatic heterocycles. The molecule has 2 aromatic rings. The first kappa shape index (κ1) is 14.5. The number of benzene rings is 1. The number of nitrogens with zero attached hydrogens (tertiary/aromatic N) is 2. The molecule has 1 aromatic carbocycles. The molecule has 0 spiro atoms. The number of rotatable bonds is 3. The summed E-state index contributed by atoms with van der Waals surface area (Å²) in [6.45, 7) is 3.76. The number of carbonyl (C=O) groups is 1. The number of amides is 1. The van der Waals surface area contributed by atoms with Gasteiger partial charge in [-0.15, -0.1) is 0 Å². The van der Waals surface area contributed by atoms with Crippen LogP contribution in [-0.4, -0.2) is 15.7 Å². The van der Waals surface area contributed by atoms with Gasteiger partial charge in [0.1, 0.15) is 5.82 Å². The Hall–Kier alpha value is -1.46. The first-order valence-electron chi connectivity index (χ1n) is 6.81. The van der Waals surface area contributed by atoms with Gasteiger partial charge in [-0.2, -0.15) is 16.9 Å². The van der Waals surface area contributed by atoms with Crippen molar-refractivity contribution in [2.75, 3.05) is 5.32 Å². The maximum Gasteiger partial charge on any atom is 0.228 e. The van der Waals surface area contributed by atoms with Crippen LogP contribution in [0.2, 0.25) is 5.02 Å². The molecule has 0 atom stereocenters. The molecule has 21 heavy (non-hydrogen) atoms. The highest BCUT2D eigenvalue weighted by atomic mass is 35.5. The second-order valence-electron chi connectivity index (χ2n) is 5.30. The first-order chi connectivity index (χ1) is 10.1. The van der Waals surface area contributed by atoms with Crippen molar-refractivity contribution < 1.29 is 4.79 Å². The second-order valence-corrected chi connectivity index (χ2v) is 6.72. The Kier molecular flexibility index (Phi) is 3.95. The number of halogens is 1.